The summed E-state index contributed by atoms with van der Waals surface area (Å²) < 4.78 is 6.15. The molecule has 0 saturated heterocycles. The minimum absolute atomic E-state index is 0.0174. The first-order valence-electron chi connectivity index (χ1n) is 8.11. The molecule has 1 fully saturated rings. The van der Waals surface area contributed by atoms with Gasteiger partial charge in [-0.3, -0.25) is 0 Å². The highest BCUT2D eigenvalue weighted by Crippen LogP contribution is 2.54. The van der Waals surface area contributed by atoms with Crippen molar-refractivity contribution in [1.82, 2.24) is 4.98 Å². The first-order chi connectivity index (χ1) is 11.5. The largest absolute Gasteiger partial charge is 0.383 e. The second-order valence-electron chi connectivity index (χ2n) is 6.87. The van der Waals surface area contributed by atoms with Gasteiger partial charge in [0.05, 0.1) is 12.2 Å². The van der Waals surface area contributed by atoms with Crippen molar-refractivity contribution < 1.29 is 4.74 Å². The molecule has 3 N–H and O–H groups in total. The Morgan fingerprint density at radius 1 is 1.38 bits per heavy atom. The number of nitrogens with two attached hydrogens (primary N) is 1. The Labute approximate surface area is 150 Å². The van der Waals surface area contributed by atoms with Crippen LogP contribution in [0.1, 0.15) is 30.9 Å². The molecule has 1 aromatic heterocycles. The molecular formula is C18H21BrN4O. The van der Waals surface area contributed by atoms with Gasteiger partial charge in [0.25, 0.3) is 0 Å². The molecule has 1 atom stereocenters. The number of methoxy groups -OCH3 is 1. The fourth-order valence-corrected chi connectivity index (χ4v) is 3.82. The minimum Gasteiger partial charge on any atom is -0.383 e. The molecule has 6 heteroatoms. The molecule has 0 radical (unpaired) electrons. The lowest BCUT2D eigenvalue weighted by atomic mass is 10.0. The van der Waals surface area contributed by atoms with Crippen LogP contribution < -0.4 is 10.6 Å². The standard InChI is InChI=1S/C18H21BrN4O/c1-18(7-8-18)17-22-15(20)14-13(19)9-21-16(14)23(17)12-5-3-11(4-6-12)10-24-2/h3-6,9,17,21H,7-8,10H2,1-2H3,(H2,20,22). The van der Waals surface area contributed by atoms with Crippen molar-refractivity contribution in [2.75, 3.05) is 12.0 Å². The molecule has 2 heterocycles. The SMILES string of the molecule is COCc1ccc(N2c3[nH]cc(Br)c3C(N)=NC2C2(C)CC2)cc1. The van der Waals surface area contributed by atoms with E-state index in [4.69, 9.17) is 15.5 Å². The molecule has 2 aromatic rings. The van der Waals surface area contributed by atoms with Gasteiger partial charge in [0.2, 0.25) is 0 Å². The number of aromatic amines is 1. The first kappa shape index (κ1) is 15.7. The van der Waals surface area contributed by atoms with Crippen molar-refractivity contribution in [3.05, 3.63) is 46.1 Å². The molecule has 2 aliphatic rings. The van der Waals surface area contributed by atoms with Crippen molar-refractivity contribution in [1.29, 1.82) is 0 Å². The molecule has 1 aliphatic carbocycles. The zero-order valence-corrected chi connectivity index (χ0v) is 15.4. The van der Waals surface area contributed by atoms with Gasteiger partial charge in [-0.15, -0.1) is 0 Å². The summed E-state index contributed by atoms with van der Waals surface area (Å²) in [6.45, 7) is 2.90. The third-order valence-corrected chi connectivity index (χ3v) is 5.63. The molecule has 126 valence electrons. The van der Waals surface area contributed by atoms with E-state index in [0.717, 1.165) is 27.1 Å². The van der Waals surface area contributed by atoms with Crippen molar-refractivity contribution in [3.8, 4) is 0 Å². The van der Waals surface area contributed by atoms with Crippen LogP contribution in [0.5, 0.6) is 0 Å². The van der Waals surface area contributed by atoms with Gasteiger partial charge >= 0.3 is 0 Å². The summed E-state index contributed by atoms with van der Waals surface area (Å²) in [5.74, 6) is 1.61. The molecule has 1 aromatic carbocycles. The molecule has 1 saturated carbocycles. The van der Waals surface area contributed by atoms with E-state index in [1.807, 2.05) is 6.20 Å². The first-order valence-corrected chi connectivity index (χ1v) is 8.90. The summed E-state index contributed by atoms with van der Waals surface area (Å²) in [4.78, 5) is 10.5. The third kappa shape index (κ3) is 2.45. The van der Waals surface area contributed by atoms with E-state index in [1.54, 1.807) is 7.11 Å². The number of anilines is 2. The number of ether oxygens (including phenoxy) is 1. The van der Waals surface area contributed by atoms with E-state index in [2.05, 4.69) is 57.0 Å². The second kappa shape index (κ2) is 5.63. The monoisotopic (exact) mass is 388 g/mol. The molecular weight excluding hydrogens is 368 g/mol. The van der Waals surface area contributed by atoms with E-state index in [9.17, 15) is 0 Å². The number of fused-ring (bicyclic) bond motifs is 1. The summed E-state index contributed by atoms with van der Waals surface area (Å²) in [5, 5.41) is 0. The highest BCUT2D eigenvalue weighted by atomic mass is 79.9. The van der Waals surface area contributed by atoms with Crippen LogP contribution in [0.25, 0.3) is 0 Å². The van der Waals surface area contributed by atoms with Crippen LogP contribution in [-0.2, 0) is 11.3 Å². The highest BCUT2D eigenvalue weighted by Gasteiger charge is 2.50. The van der Waals surface area contributed by atoms with Gasteiger partial charge in [0.15, 0.2) is 0 Å². The van der Waals surface area contributed by atoms with Crippen LogP contribution in [-0.4, -0.2) is 24.1 Å². The number of benzene rings is 1. The number of H-pyrrole nitrogens is 1. The number of hydrogen-bond acceptors (Lipinski definition) is 4. The van der Waals surface area contributed by atoms with Crippen LogP contribution in [0.4, 0.5) is 11.5 Å². The molecule has 0 amide bonds. The number of halogens is 1. The maximum absolute atomic E-state index is 6.27. The predicted octanol–water partition coefficient (Wildman–Crippen LogP) is 3.91. The summed E-state index contributed by atoms with van der Waals surface area (Å²) in [6, 6.07) is 8.46. The average Bonchev–Trinajstić information content (AvgIpc) is 3.20. The second-order valence-corrected chi connectivity index (χ2v) is 7.73. The quantitative estimate of drug-likeness (QED) is 0.834. The number of aliphatic imine (C=N–C) groups is 1. The van der Waals surface area contributed by atoms with Gasteiger partial charge in [0.1, 0.15) is 17.8 Å². The fourth-order valence-electron chi connectivity index (χ4n) is 3.31. The van der Waals surface area contributed by atoms with Gasteiger partial charge in [-0.1, -0.05) is 19.1 Å². The van der Waals surface area contributed by atoms with Crippen molar-refractivity contribution in [2.24, 2.45) is 16.1 Å². The molecule has 1 aliphatic heterocycles. The van der Waals surface area contributed by atoms with E-state index < -0.39 is 0 Å². The summed E-state index contributed by atoms with van der Waals surface area (Å²) >= 11 is 3.58. The molecule has 0 spiro atoms. The molecule has 24 heavy (non-hydrogen) atoms. The third-order valence-electron chi connectivity index (χ3n) is 5.00. The number of aromatic nitrogens is 1. The van der Waals surface area contributed by atoms with Crippen molar-refractivity contribution in [3.63, 3.8) is 0 Å². The summed E-state index contributed by atoms with van der Waals surface area (Å²) in [7, 11) is 1.71. The Morgan fingerprint density at radius 3 is 2.71 bits per heavy atom. The van der Waals surface area contributed by atoms with Gasteiger partial charge in [-0.2, -0.15) is 0 Å². The van der Waals surface area contributed by atoms with Gasteiger partial charge < -0.3 is 20.4 Å². The normalized spacial score (nSPS) is 21.4. The Hall–Kier alpha value is -1.79. The average molecular weight is 389 g/mol. The summed E-state index contributed by atoms with van der Waals surface area (Å²) in [5.41, 5.74) is 9.65. The number of rotatable bonds is 4. The smallest absolute Gasteiger partial charge is 0.134 e. The Morgan fingerprint density at radius 2 is 2.08 bits per heavy atom. The zero-order chi connectivity index (χ0) is 16.9. The maximum Gasteiger partial charge on any atom is 0.134 e. The fraction of sp³-hybridized carbons (Fsp3) is 0.389. The lowest BCUT2D eigenvalue weighted by Gasteiger charge is -2.38. The van der Waals surface area contributed by atoms with Crippen LogP contribution in [0, 0.1) is 5.41 Å². The van der Waals surface area contributed by atoms with Gasteiger partial charge in [-0.25, -0.2) is 4.99 Å². The van der Waals surface area contributed by atoms with Crippen LogP contribution >= 0.6 is 15.9 Å². The molecule has 5 nitrogen and oxygen atoms in total. The molecule has 0 bridgehead atoms. The number of amidine groups is 1. The lowest BCUT2D eigenvalue weighted by Crippen LogP contribution is -2.42. The molecule has 1 unspecified atom stereocenters. The van der Waals surface area contributed by atoms with Crippen molar-refractivity contribution >= 4 is 33.3 Å². The van der Waals surface area contributed by atoms with Crippen molar-refractivity contribution in [2.45, 2.75) is 32.5 Å². The van der Waals surface area contributed by atoms with Crippen LogP contribution in [0.3, 0.4) is 0 Å². The number of hydrogen-bond donors (Lipinski definition) is 2. The topological polar surface area (TPSA) is 66.6 Å². The van der Waals surface area contributed by atoms with E-state index in [1.165, 1.54) is 12.8 Å². The van der Waals surface area contributed by atoms with Gasteiger partial charge in [-0.05, 0) is 46.5 Å². The Bertz CT molecular complexity index is 792. The Kier molecular flexibility index (Phi) is 3.69. The van der Waals surface area contributed by atoms with Gasteiger partial charge in [0, 0.05) is 28.9 Å². The number of nitrogens with one attached hydrogen (secondary N) is 1. The molecule has 4 rings (SSSR count). The lowest BCUT2D eigenvalue weighted by molar-refractivity contribution is 0.185. The highest BCUT2D eigenvalue weighted by molar-refractivity contribution is 9.10. The van der Waals surface area contributed by atoms with Crippen LogP contribution in [0.2, 0.25) is 0 Å². The van der Waals surface area contributed by atoms with E-state index >= 15 is 0 Å². The Balaban J connectivity index is 1.80. The maximum atomic E-state index is 6.27. The zero-order valence-electron chi connectivity index (χ0n) is 13.8. The van der Waals surface area contributed by atoms with Crippen LogP contribution in [0.15, 0.2) is 39.9 Å². The van der Waals surface area contributed by atoms with E-state index in [0.29, 0.717) is 12.4 Å². The van der Waals surface area contributed by atoms with E-state index in [-0.39, 0.29) is 11.6 Å². The predicted molar refractivity (Wildman–Crippen MR) is 99.6 cm³/mol. The summed E-state index contributed by atoms with van der Waals surface area (Å²) in [6.07, 6.45) is 4.29. The minimum atomic E-state index is 0.0174. The number of nitrogens with zero attached hydrogens (tertiary/aromatic N) is 2.